The lowest BCUT2D eigenvalue weighted by Gasteiger charge is -2.12. The molecular weight excluding hydrogens is 273 g/mol. The summed E-state index contributed by atoms with van der Waals surface area (Å²) in [6, 6.07) is 13.1. The van der Waals surface area contributed by atoms with Crippen LogP contribution < -0.4 is 5.32 Å². The van der Waals surface area contributed by atoms with Gasteiger partial charge < -0.3 is 0 Å². The van der Waals surface area contributed by atoms with Crippen molar-refractivity contribution in [2.24, 2.45) is 0 Å². The summed E-state index contributed by atoms with van der Waals surface area (Å²) >= 11 is 0. The van der Waals surface area contributed by atoms with Gasteiger partial charge in [-0.05, 0) is 23.8 Å². The summed E-state index contributed by atoms with van der Waals surface area (Å²) in [5, 5.41) is 23.1. The fraction of sp³-hybridized carbons (Fsp3) is 0.133. The number of rotatable bonds is 5. The topological polar surface area (TPSA) is 79.0 Å². The number of nitriles is 1. The number of nitrogens with zero attached hydrogens (tertiary/aromatic N) is 2. The number of nitrogens with one attached hydrogen (secondary N) is 1. The molecule has 0 aliphatic heterocycles. The van der Waals surface area contributed by atoms with E-state index < -0.39 is 11.0 Å². The Hall–Kier alpha value is -2.78. The van der Waals surface area contributed by atoms with E-state index >= 15 is 0 Å². The van der Waals surface area contributed by atoms with Crippen molar-refractivity contribution < 1.29 is 9.31 Å². The maximum Gasteiger partial charge on any atom is 0.275 e. The molecule has 0 saturated carbocycles. The van der Waals surface area contributed by atoms with Crippen LogP contribution in [-0.2, 0) is 6.54 Å². The van der Waals surface area contributed by atoms with Gasteiger partial charge in [0.1, 0.15) is 11.9 Å². The number of hydrogen-bond acceptors (Lipinski definition) is 4. The van der Waals surface area contributed by atoms with Crippen LogP contribution in [0, 0.1) is 27.3 Å². The molecule has 0 amide bonds. The number of nitro groups is 1. The highest BCUT2D eigenvalue weighted by atomic mass is 19.1. The third-order valence-electron chi connectivity index (χ3n) is 3.00. The van der Waals surface area contributed by atoms with Crippen LogP contribution in [0.3, 0.4) is 0 Å². The lowest BCUT2D eigenvalue weighted by molar-refractivity contribution is -0.385. The summed E-state index contributed by atoms with van der Waals surface area (Å²) in [4.78, 5) is 10.5. The first-order valence-electron chi connectivity index (χ1n) is 6.22. The standard InChI is InChI=1S/C15H12FN3O2/c16-12-7-5-11(6-8-12)10-18-14(9-17)13-3-1-2-4-15(13)19(20)21/h1-8,14,18H,10H2. The summed E-state index contributed by atoms with van der Waals surface area (Å²) in [5.74, 6) is -0.339. The third kappa shape index (κ3) is 3.61. The minimum atomic E-state index is -0.809. The summed E-state index contributed by atoms with van der Waals surface area (Å²) in [7, 11) is 0. The summed E-state index contributed by atoms with van der Waals surface area (Å²) in [6.07, 6.45) is 0. The van der Waals surface area contributed by atoms with Crippen molar-refractivity contribution in [1.29, 1.82) is 5.26 Å². The molecule has 1 atom stereocenters. The van der Waals surface area contributed by atoms with Gasteiger partial charge in [-0.25, -0.2) is 4.39 Å². The fourth-order valence-electron chi connectivity index (χ4n) is 1.95. The van der Waals surface area contributed by atoms with Gasteiger partial charge in [0.25, 0.3) is 5.69 Å². The lowest BCUT2D eigenvalue weighted by Crippen LogP contribution is -2.20. The predicted octanol–water partition coefficient (Wildman–Crippen LogP) is 3.09. The van der Waals surface area contributed by atoms with Crippen LogP contribution in [0.1, 0.15) is 17.2 Å². The second kappa shape index (κ2) is 6.59. The first-order chi connectivity index (χ1) is 10.1. The number of nitro benzene ring substituents is 1. The Morgan fingerprint density at radius 3 is 2.52 bits per heavy atom. The van der Waals surface area contributed by atoms with Crippen molar-refractivity contribution in [1.82, 2.24) is 5.32 Å². The minimum absolute atomic E-state index is 0.101. The quantitative estimate of drug-likeness (QED) is 0.676. The molecule has 0 bridgehead atoms. The molecule has 0 radical (unpaired) electrons. The molecule has 0 aliphatic carbocycles. The SMILES string of the molecule is N#CC(NCc1ccc(F)cc1)c1ccccc1[N+](=O)[O-]. The van der Waals surface area contributed by atoms with Crippen LogP contribution in [0.15, 0.2) is 48.5 Å². The Labute approximate surface area is 120 Å². The van der Waals surface area contributed by atoms with E-state index in [2.05, 4.69) is 5.32 Å². The largest absolute Gasteiger partial charge is 0.294 e. The number of halogens is 1. The average Bonchev–Trinajstić information content (AvgIpc) is 2.50. The van der Waals surface area contributed by atoms with E-state index in [4.69, 9.17) is 0 Å². The van der Waals surface area contributed by atoms with Gasteiger partial charge in [0.2, 0.25) is 0 Å². The van der Waals surface area contributed by atoms with E-state index in [1.807, 2.05) is 6.07 Å². The van der Waals surface area contributed by atoms with Gasteiger partial charge in [0.15, 0.2) is 0 Å². The zero-order valence-electron chi connectivity index (χ0n) is 11.0. The van der Waals surface area contributed by atoms with Gasteiger partial charge in [-0.2, -0.15) is 5.26 Å². The molecule has 2 rings (SSSR count). The van der Waals surface area contributed by atoms with E-state index in [-0.39, 0.29) is 11.5 Å². The summed E-state index contributed by atoms with van der Waals surface area (Å²) in [5.41, 5.74) is 0.998. The highest BCUT2D eigenvalue weighted by Gasteiger charge is 2.20. The Morgan fingerprint density at radius 1 is 1.24 bits per heavy atom. The molecule has 2 aromatic rings. The summed E-state index contributed by atoms with van der Waals surface area (Å²) < 4.78 is 12.8. The van der Waals surface area contributed by atoms with Gasteiger partial charge >= 0.3 is 0 Å². The van der Waals surface area contributed by atoms with Crippen LogP contribution in [0.2, 0.25) is 0 Å². The van der Waals surface area contributed by atoms with Crippen molar-refractivity contribution in [2.45, 2.75) is 12.6 Å². The summed E-state index contributed by atoms with van der Waals surface area (Å²) in [6.45, 7) is 0.310. The Kier molecular flexibility index (Phi) is 4.59. The number of benzene rings is 2. The predicted molar refractivity (Wildman–Crippen MR) is 74.7 cm³/mol. The molecule has 106 valence electrons. The van der Waals surface area contributed by atoms with Crippen LogP contribution in [-0.4, -0.2) is 4.92 Å². The number of hydrogen-bond donors (Lipinski definition) is 1. The molecule has 1 N–H and O–H groups in total. The average molecular weight is 285 g/mol. The molecule has 0 aromatic heterocycles. The van der Waals surface area contributed by atoms with Crippen LogP contribution in [0.25, 0.3) is 0 Å². The normalized spacial score (nSPS) is 11.6. The van der Waals surface area contributed by atoms with Crippen LogP contribution in [0.4, 0.5) is 10.1 Å². The molecule has 5 nitrogen and oxygen atoms in total. The van der Waals surface area contributed by atoms with Crippen molar-refractivity contribution in [3.63, 3.8) is 0 Å². The van der Waals surface area contributed by atoms with Crippen LogP contribution >= 0.6 is 0 Å². The fourth-order valence-corrected chi connectivity index (χ4v) is 1.95. The highest BCUT2D eigenvalue weighted by Crippen LogP contribution is 2.24. The molecule has 0 saturated heterocycles. The first kappa shape index (κ1) is 14.6. The monoisotopic (exact) mass is 285 g/mol. The minimum Gasteiger partial charge on any atom is -0.294 e. The molecule has 0 aliphatic rings. The molecule has 21 heavy (non-hydrogen) atoms. The smallest absolute Gasteiger partial charge is 0.275 e. The number of para-hydroxylation sites is 1. The second-order valence-electron chi connectivity index (χ2n) is 4.39. The molecule has 2 aromatic carbocycles. The van der Waals surface area contributed by atoms with Crippen molar-refractivity contribution in [2.75, 3.05) is 0 Å². The van der Waals surface area contributed by atoms with Crippen LogP contribution in [0.5, 0.6) is 0 Å². The van der Waals surface area contributed by atoms with E-state index in [1.165, 1.54) is 18.2 Å². The van der Waals surface area contributed by atoms with Gasteiger partial charge in [-0.15, -0.1) is 0 Å². The highest BCUT2D eigenvalue weighted by molar-refractivity contribution is 5.44. The Balaban J connectivity index is 2.16. The van der Waals surface area contributed by atoms with Gasteiger partial charge in [0, 0.05) is 12.6 Å². The lowest BCUT2D eigenvalue weighted by atomic mass is 10.1. The molecular formula is C15H12FN3O2. The second-order valence-corrected chi connectivity index (χ2v) is 4.39. The Morgan fingerprint density at radius 2 is 1.90 bits per heavy atom. The molecule has 1 unspecified atom stereocenters. The van der Waals surface area contributed by atoms with E-state index in [1.54, 1.807) is 30.3 Å². The van der Waals surface area contributed by atoms with Gasteiger partial charge in [-0.3, -0.25) is 15.4 Å². The Bertz CT molecular complexity index is 680. The van der Waals surface area contributed by atoms with E-state index in [0.717, 1.165) is 5.56 Å². The van der Waals surface area contributed by atoms with Crippen molar-refractivity contribution in [3.8, 4) is 6.07 Å². The van der Waals surface area contributed by atoms with Crippen molar-refractivity contribution in [3.05, 3.63) is 75.6 Å². The molecule has 0 heterocycles. The van der Waals surface area contributed by atoms with Gasteiger partial charge in [0.05, 0.1) is 16.6 Å². The maximum absolute atomic E-state index is 12.8. The third-order valence-corrected chi connectivity index (χ3v) is 3.00. The molecule has 6 heteroatoms. The van der Waals surface area contributed by atoms with Gasteiger partial charge in [-0.1, -0.05) is 24.3 Å². The van der Waals surface area contributed by atoms with E-state index in [9.17, 15) is 19.8 Å². The zero-order chi connectivity index (χ0) is 15.2. The molecule has 0 spiro atoms. The molecule has 0 fully saturated rings. The first-order valence-corrected chi connectivity index (χ1v) is 6.22. The maximum atomic E-state index is 12.8. The zero-order valence-corrected chi connectivity index (χ0v) is 11.0. The van der Waals surface area contributed by atoms with Crippen molar-refractivity contribution >= 4 is 5.69 Å². The van der Waals surface area contributed by atoms with E-state index in [0.29, 0.717) is 12.1 Å².